The number of benzene rings is 1. The summed E-state index contributed by atoms with van der Waals surface area (Å²) in [5.74, 6) is 0. The van der Waals surface area contributed by atoms with Crippen LogP contribution in [0.1, 0.15) is 31.7 Å². The van der Waals surface area contributed by atoms with Crippen molar-refractivity contribution in [2.75, 3.05) is 0 Å². The Balaban J connectivity index is 2.57. The third-order valence-corrected chi connectivity index (χ3v) is 3.12. The van der Waals surface area contributed by atoms with Crippen molar-refractivity contribution in [3.8, 4) is 0 Å². The van der Waals surface area contributed by atoms with Crippen LogP contribution in [0.15, 0.2) is 18.2 Å². The normalized spacial score (nSPS) is 12.8. The van der Waals surface area contributed by atoms with Crippen molar-refractivity contribution in [2.24, 2.45) is 0 Å². The van der Waals surface area contributed by atoms with Crippen molar-refractivity contribution in [1.82, 2.24) is 0 Å². The van der Waals surface area contributed by atoms with Gasteiger partial charge in [-0.15, -0.1) is 0 Å². The van der Waals surface area contributed by atoms with Gasteiger partial charge in [-0.3, -0.25) is 0 Å². The highest BCUT2D eigenvalue weighted by Gasteiger charge is 2.08. The fourth-order valence-electron chi connectivity index (χ4n) is 1.56. The molecule has 0 radical (unpaired) electrons. The summed E-state index contributed by atoms with van der Waals surface area (Å²) in [6, 6.07) is 5.49. The second-order valence-corrected chi connectivity index (χ2v) is 4.50. The summed E-state index contributed by atoms with van der Waals surface area (Å²) >= 11 is 12.0. The Labute approximate surface area is 101 Å². The summed E-state index contributed by atoms with van der Waals surface area (Å²) < 4.78 is 0. The molecule has 15 heavy (non-hydrogen) atoms. The van der Waals surface area contributed by atoms with E-state index in [4.69, 9.17) is 23.2 Å². The summed E-state index contributed by atoms with van der Waals surface area (Å²) in [4.78, 5) is 0. The summed E-state index contributed by atoms with van der Waals surface area (Å²) in [6.07, 6.45) is 3.04. The molecule has 0 saturated carbocycles. The van der Waals surface area contributed by atoms with Crippen molar-refractivity contribution < 1.29 is 5.11 Å². The number of halogens is 2. The molecule has 0 fully saturated rings. The van der Waals surface area contributed by atoms with Gasteiger partial charge in [-0.2, -0.15) is 0 Å². The van der Waals surface area contributed by atoms with Crippen LogP contribution < -0.4 is 0 Å². The number of aliphatic hydroxyl groups excluding tert-OH is 1. The lowest BCUT2D eigenvalue weighted by Crippen LogP contribution is -2.07. The van der Waals surface area contributed by atoms with Crippen molar-refractivity contribution in [3.05, 3.63) is 33.8 Å². The standard InChI is InChI=1S/C12H16Cl2O/c1-2-4-9(15)7-8-10-11(13)5-3-6-12(10)14/h3,5-6,9,15H,2,4,7-8H2,1H3. The summed E-state index contributed by atoms with van der Waals surface area (Å²) in [6.45, 7) is 2.06. The molecule has 0 spiro atoms. The molecule has 1 unspecified atom stereocenters. The van der Waals surface area contributed by atoms with Crippen LogP contribution in [0.4, 0.5) is 0 Å². The lowest BCUT2D eigenvalue weighted by molar-refractivity contribution is 0.154. The van der Waals surface area contributed by atoms with Crippen LogP contribution in [0.5, 0.6) is 0 Å². The van der Waals surface area contributed by atoms with E-state index in [-0.39, 0.29) is 6.10 Å². The molecule has 0 saturated heterocycles. The zero-order chi connectivity index (χ0) is 11.3. The van der Waals surface area contributed by atoms with Crippen LogP contribution >= 0.6 is 23.2 Å². The quantitative estimate of drug-likeness (QED) is 0.830. The number of rotatable bonds is 5. The molecule has 0 aliphatic rings. The number of aliphatic hydroxyl groups is 1. The third-order valence-electron chi connectivity index (χ3n) is 2.41. The average Bonchev–Trinajstić information content (AvgIpc) is 2.17. The van der Waals surface area contributed by atoms with E-state index in [1.807, 2.05) is 18.2 Å². The molecule has 1 aromatic carbocycles. The zero-order valence-electron chi connectivity index (χ0n) is 8.84. The average molecular weight is 247 g/mol. The van der Waals surface area contributed by atoms with Crippen LogP contribution in [-0.4, -0.2) is 11.2 Å². The van der Waals surface area contributed by atoms with E-state index in [1.165, 1.54) is 0 Å². The topological polar surface area (TPSA) is 20.2 Å². The Kier molecular flexibility index (Phi) is 5.44. The molecule has 1 N–H and O–H groups in total. The lowest BCUT2D eigenvalue weighted by Gasteiger charge is -2.10. The van der Waals surface area contributed by atoms with Crippen LogP contribution in [0.25, 0.3) is 0 Å². The summed E-state index contributed by atoms with van der Waals surface area (Å²) in [5.41, 5.74) is 0.941. The summed E-state index contributed by atoms with van der Waals surface area (Å²) in [5, 5.41) is 11.0. The van der Waals surface area contributed by atoms with Crippen molar-refractivity contribution in [1.29, 1.82) is 0 Å². The van der Waals surface area contributed by atoms with Crippen LogP contribution in [0, 0.1) is 0 Å². The highest BCUT2D eigenvalue weighted by molar-refractivity contribution is 6.35. The molecule has 1 rings (SSSR count). The molecule has 0 aliphatic carbocycles. The minimum Gasteiger partial charge on any atom is -0.393 e. The highest BCUT2D eigenvalue weighted by atomic mass is 35.5. The fourth-order valence-corrected chi connectivity index (χ4v) is 2.15. The molecular weight excluding hydrogens is 231 g/mol. The lowest BCUT2D eigenvalue weighted by atomic mass is 10.0. The van der Waals surface area contributed by atoms with Gasteiger partial charge < -0.3 is 5.11 Å². The summed E-state index contributed by atoms with van der Waals surface area (Å²) in [7, 11) is 0. The fraction of sp³-hybridized carbons (Fsp3) is 0.500. The Bertz CT molecular complexity index is 292. The van der Waals surface area contributed by atoms with Crippen molar-refractivity contribution >= 4 is 23.2 Å². The van der Waals surface area contributed by atoms with E-state index in [0.29, 0.717) is 10.0 Å². The maximum absolute atomic E-state index is 9.61. The number of hydrogen-bond donors (Lipinski definition) is 1. The monoisotopic (exact) mass is 246 g/mol. The van der Waals surface area contributed by atoms with Gasteiger partial charge in [-0.05, 0) is 37.0 Å². The van der Waals surface area contributed by atoms with Gasteiger partial charge in [-0.1, -0.05) is 42.6 Å². The Morgan fingerprint density at radius 1 is 1.20 bits per heavy atom. The number of hydrogen-bond acceptors (Lipinski definition) is 1. The zero-order valence-corrected chi connectivity index (χ0v) is 10.4. The van der Waals surface area contributed by atoms with Gasteiger partial charge in [0.1, 0.15) is 0 Å². The van der Waals surface area contributed by atoms with Gasteiger partial charge in [0.2, 0.25) is 0 Å². The van der Waals surface area contributed by atoms with E-state index >= 15 is 0 Å². The molecular formula is C12H16Cl2O. The smallest absolute Gasteiger partial charge is 0.0543 e. The minimum atomic E-state index is -0.248. The predicted molar refractivity (Wildman–Crippen MR) is 65.7 cm³/mol. The molecule has 84 valence electrons. The molecule has 1 nitrogen and oxygen atoms in total. The molecule has 0 aromatic heterocycles. The predicted octanol–water partition coefficient (Wildman–Crippen LogP) is 4.09. The van der Waals surface area contributed by atoms with E-state index in [0.717, 1.165) is 31.2 Å². The molecule has 1 aromatic rings. The largest absolute Gasteiger partial charge is 0.393 e. The van der Waals surface area contributed by atoms with Gasteiger partial charge in [0.25, 0.3) is 0 Å². The third kappa shape index (κ3) is 4.02. The van der Waals surface area contributed by atoms with Gasteiger partial charge >= 0.3 is 0 Å². The first kappa shape index (κ1) is 12.8. The van der Waals surface area contributed by atoms with Gasteiger partial charge in [-0.25, -0.2) is 0 Å². The second kappa shape index (κ2) is 6.37. The Morgan fingerprint density at radius 2 is 1.80 bits per heavy atom. The van der Waals surface area contributed by atoms with E-state index in [1.54, 1.807) is 0 Å². The highest BCUT2D eigenvalue weighted by Crippen LogP contribution is 2.26. The van der Waals surface area contributed by atoms with Crippen molar-refractivity contribution in [3.63, 3.8) is 0 Å². The van der Waals surface area contributed by atoms with E-state index in [9.17, 15) is 5.11 Å². The molecule has 0 bridgehead atoms. The maximum Gasteiger partial charge on any atom is 0.0543 e. The van der Waals surface area contributed by atoms with Crippen LogP contribution in [0.2, 0.25) is 10.0 Å². The minimum absolute atomic E-state index is 0.248. The van der Waals surface area contributed by atoms with E-state index < -0.39 is 0 Å². The van der Waals surface area contributed by atoms with Gasteiger partial charge in [0.05, 0.1) is 6.10 Å². The first-order chi connectivity index (χ1) is 7.15. The molecule has 3 heteroatoms. The van der Waals surface area contributed by atoms with E-state index in [2.05, 4.69) is 6.92 Å². The Morgan fingerprint density at radius 3 is 2.33 bits per heavy atom. The first-order valence-corrected chi connectivity index (χ1v) is 6.01. The van der Waals surface area contributed by atoms with Crippen molar-refractivity contribution in [2.45, 2.75) is 38.7 Å². The van der Waals surface area contributed by atoms with Gasteiger partial charge in [0, 0.05) is 10.0 Å². The molecule has 0 aliphatic heterocycles. The molecule has 0 heterocycles. The molecule has 0 amide bonds. The maximum atomic E-state index is 9.61. The first-order valence-electron chi connectivity index (χ1n) is 5.26. The second-order valence-electron chi connectivity index (χ2n) is 3.68. The SMILES string of the molecule is CCCC(O)CCc1c(Cl)cccc1Cl. The van der Waals surface area contributed by atoms with Crippen LogP contribution in [0.3, 0.4) is 0 Å². The van der Waals surface area contributed by atoms with Gasteiger partial charge in [0.15, 0.2) is 0 Å². The van der Waals surface area contributed by atoms with Crippen LogP contribution in [-0.2, 0) is 6.42 Å². The Hall–Kier alpha value is -0.240. The molecule has 1 atom stereocenters.